The quantitative estimate of drug-likeness (QED) is 0.790. The van der Waals surface area contributed by atoms with E-state index in [-0.39, 0.29) is 0 Å². The third-order valence-electron chi connectivity index (χ3n) is 3.86. The van der Waals surface area contributed by atoms with Crippen molar-refractivity contribution in [1.29, 1.82) is 0 Å². The number of hydrogen-bond acceptors (Lipinski definition) is 5. The maximum absolute atomic E-state index is 5.53. The minimum atomic E-state index is 0.297. The molecule has 0 saturated carbocycles. The summed E-state index contributed by atoms with van der Waals surface area (Å²) >= 11 is 0. The first-order chi connectivity index (χ1) is 10.4. The van der Waals surface area contributed by atoms with Gasteiger partial charge >= 0.3 is 0 Å². The molecule has 106 valence electrons. The topological polar surface area (TPSA) is 64.1 Å². The van der Waals surface area contributed by atoms with Gasteiger partial charge in [0.05, 0.1) is 12.3 Å². The number of anilines is 1. The van der Waals surface area contributed by atoms with E-state index in [4.69, 9.17) is 8.83 Å². The van der Waals surface area contributed by atoms with Crippen molar-refractivity contribution in [2.24, 2.45) is 0 Å². The van der Waals surface area contributed by atoms with Crippen LogP contribution in [-0.4, -0.2) is 10.2 Å². The Kier molecular flexibility index (Phi) is 2.96. The van der Waals surface area contributed by atoms with Crippen molar-refractivity contribution in [1.82, 2.24) is 10.2 Å². The summed E-state index contributed by atoms with van der Waals surface area (Å²) in [6.07, 6.45) is 6.40. The van der Waals surface area contributed by atoms with Crippen LogP contribution in [0, 0.1) is 0 Å². The molecular formula is C16H15N3O2. The molecule has 0 bridgehead atoms. The highest BCUT2D eigenvalue weighted by Crippen LogP contribution is 2.33. The molecule has 1 aromatic carbocycles. The Hall–Kier alpha value is -2.56. The number of aryl methyl sites for hydroxylation is 1. The highest BCUT2D eigenvalue weighted by atomic mass is 16.4. The van der Waals surface area contributed by atoms with Crippen LogP contribution in [0.5, 0.6) is 0 Å². The van der Waals surface area contributed by atoms with Crippen LogP contribution in [0.4, 0.5) is 5.69 Å². The Balaban J connectivity index is 1.60. The predicted molar refractivity (Wildman–Crippen MR) is 77.7 cm³/mol. The summed E-state index contributed by atoms with van der Waals surface area (Å²) in [5, 5.41) is 11.2. The lowest BCUT2D eigenvalue weighted by atomic mass is 9.93. The first kappa shape index (κ1) is 12.2. The van der Waals surface area contributed by atoms with E-state index < -0.39 is 0 Å². The predicted octanol–water partition coefficient (Wildman–Crippen LogP) is 3.82. The molecule has 1 N–H and O–H groups in total. The van der Waals surface area contributed by atoms with E-state index in [1.165, 1.54) is 12.0 Å². The van der Waals surface area contributed by atoms with Gasteiger partial charge in [0.1, 0.15) is 5.76 Å². The minimum Gasteiger partial charge on any atom is -0.469 e. The van der Waals surface area contributed by atoms with Crippen molar-refractivity contribution in [3.05, 3.63) is 54.3 Å². The number of hydrogen-bond donors (Lipinski definition) is 1. The molecule has 1 aliphatic carbocycles. The first-order valence-electron chi connectivity index (χ1n) is 7.09. The lowest BCUT2D eigenvalue weighted by Gasteiger charge is -2.23. The second-order valence-corrected chi connectivity index (χ2v) is 5.21. The van der Waals surface area contributed by atoms with Crippen molar-refractivity contribution < 1.29 is 8.83 Å². The molecule has 3 aromatic rings. The van der Waals surface area contributed by atoms with Gasteiger partial charge in [-0.2, -0.15) is 0 Å². The maximum atomic E-state index is 5.53. The van der Waals surface area contributed by atoms with Gasteiger partial charge in [0.25, 0.3) is 0 Å². The van der Waals surface area contributed by atoms with Crippen LogP contribution in [0.25, 0.3) is 11.5 Å². The molecule has 1 aliphatic rings. The maximum Gasteiger partial charge on any atom is 0.247 e. The second-order valence-electron chi connectivity index (χ2n) is 5.21. The molecule has 0 saturated heterocycles. The summed E-state index contributed by atoms with van der Waals surface area (Å²) in [6.45, 7) is 0. The molecule has 1 unspecified atom stereocenters. The average Bonchev–Trinajstić information content (AvgIpc) is 3.20. The van der Waals surface area contributed by atoms with Gasteiger partial charge in [0, 0.05) is 23.2 Å². The number of furan rings is 1. The Morgan fingerprint density at radius 2 is 2.19 bits per heavy atom. The van der Waals surface area contributed by atoms with Gasteiger partial charge in [0.15, 0.2) is 0 Å². The molecule has 0 radical (unpaired) electrons. The number of fused-ring (bicyclic) bond motifs is 1. The van der Waals surface area contributed by atoms with Gasteiger partial charge in [0.2, 0.25) is 12.3 Å². The molecular weight excluding hydrogens is 266 g/mol. The fraction of sp³-hybridized carbons (Fsp3) is 0.250. The summed E-state index contributed by atoms with van der Waals surface area (Å²) in [5.41, 5.74) is 3.23. The summed E-state index contributed by atoms with van der Waals surface area (Å²) in [7, 11) is 0. The van der Waals surface area contributed by atoms with Crippen LogP contribution in [0.2, 0.25) is 0 Å². The number of aromatic nitrogens is 2. The Morgan fingerprint density at radius 1 is 1.19 bits per heavy atom. The van der Waals surface area contributed by atoms with Crippen LogP contribution < -0.4 is 5.32 Å². The zero-order chi connectivity index (χ0) is 14.1. The fourth-order valence-electron chi connectivity index (χ4n) is 2.88. The van der Waals surface area contributed by atoms with Crippen LogP contribution in [-0.2, 0) is 6.42 Å². The zero-order valence-electron chi connectivity index (χ0n) is 11.5. The summed E-state index contributed by atoms with van der Waals surface area (Å²) < 4.78 is 10.8. The zero-order valence-corrected chi connectivity index (χ0v) is 11.5. The van der Waals surface area contributed by atoms with E-state index in [0.29, 0.717) is 11.9 Å². The van der Waals surface area contributed by atoms with E-state index in [2.05, 4.69) is 21.6 Å². The van der Waals surface area contributed by atoms with Gasteiger partial charge in [-0.05, 0) is 37.1 Å². The molecule has 0 spiro atoms. The Labute approximate surface area is 122 Å². The standard InChI is InChI=1S/C16H15N3O2/c1-3-11(16-19-17-10-21-16)9-12(4-1)18-14-5-2-6-15-13(14)7-8-20-15/h1,3-4,7-10,14,18H,2,5-6H2. The fourth-order valence-corrected chi connectivity index (χ4v) is 2.88. The van der Waals surface area contributed by atoms with Crippen molar-refractivity contribution in [2.75, 3.05) is 5.32 Å². The number of nitrogens with zero attached hydrogens (tertiary/aromatic N) is 2. The number of nitrogens with one attached hydrogen (secondary N) is 1. The van der Waals surface area contributed by atoms with E-state index >= 15 is 0 Å². The van der Waals surface area contributed by atoms with Crippen molar-refractivity contribution in [3.63, 3.8) is 0 Å². The monoisotopic (exact) mass is 281 g/mol. The summed E-state index contributed by atoms with van der Waals surface area (Å²) in [4.78, 5) is 0. The van der Waals surface area contributed by atoms with E-state index in [1.807, 2.05) is 24.3 Å². The summed E-state index contributed by atoms with van der Waals surface area (Å²) in [6, 6.07) is 10.4. The largest absolute Gasteiger partial charge is 0.469 e. The van der Waals surface area contributed by atoms with Gasteiger partial charge in [-0.15, -0.1) is 10.2 Å². The van der Waals surface area contributed by atoms with Crippen LogP contribution in [0.15, 0.2) is 51.8 Å². The van der Waals surface area contributed by atoms with E-state index in [1.54, 1.807) is 6.26 Å². The van der Waals surface area contributed by atoms with E-state index in [0.717, 1.165) is 36.3 Å². The molecule has 0 aliphatic heterocycles. The van der Waals surface area contributed by atoms with Gasteiger partial charge < -0.3 is 14.2 Å². The van der Waals surface area contributed by atoms with Crippen LogP contribution in [0.3, 0.4) is 0 Å². The number of benzene rings is 1. The normalized spacial score (nSPS) is 17.4. The highest BCUT2D eigenvalue weighted by Gasteiger charge is 2.22. The van der Waals surface area contributed by atoms with Crippen LogP contribution in [0.1, 0.15) is 30.2 Å². The Bertz CT molecular complexity index is 734. The van der Waals surface area contributed by atoms with Crippen molar-refractivity contribution in [3.8, 4) is 11.5 Å². The van der Waals surface area contributed by atoms with E-state index in [9.17, 15) is 0 Å². The molecule has 1 atom stereocenters. The average molecular weight is 281 g/mol. The third kappa shape index (κ3) is 2.31. The Morgan fingerprint density at radius 3 is 3.10 bits per heavy atom. The lowest BCUT2D eigenvalue weighted by Crippen LogP contribution is -2.15. The lowest BCUT2D eigenvalue weighted by molar-refractivity contribution is 0.461. The smallest absolute Gasteiger partial charge is 0.247 e. The van der Waals surface area contributed by atoms with Crippen LogP contribution >= 0.6 is 0 Å². The molecule has 0 fully saturated rings. The summed E-state index contributed by atoms with van der Waals surface area (Å²) in [5.74, 6) is 1.64. The second kappa shape index (κ2) is 5.09. The third-order valence-corrected chi connectivity index (χ3v) is 3.86. The van der Waals surface area contributed by atoms with Gasteiger partial charge in [-0.25, -0.2) is 0 Å². The molecule has 21 heavy (non-hydrogen) atoms. The SMILES string of the molecule is c1cc(NC2CCCc3occc32)cc(-c2nnco2)c1. The van der Waals surface area contributed by atoms with Gasteiger partial charge in [-0.1, -0.05) is 6.07 Å². The first-order valence-corrected chi connectivity index (χ1v) is 7.09. The molecule has 5 nitrogen and oxygen atoms in total. The molecule has 4 rings (SSSR count). The number of rotatable bonds is 3. The molecule has 5 heteroatoms. The molecule has 0 amide bonds. The van der Waals surface area contributed by atoms with Gasteiger partial charge in [-0.3, -0.25) is 0 Å². The molecule has 2 aromatic heterocycles. The minimum absolute atomic E-state index is 0.297. The van der Waals surface area contributed by atoms with Crippen molar-refractivity contribution >= 4 is 5.69 Å². The highest BCUT2D eigenvalue weighted by molar-refractivity contribution is 5.61. The van der Waals surface area contributed by atoms with Crippen molar-refractivity contribution in [2.45, 2.75) is 25.3 Å². The molecule has 2 heterocycles.